The first-order chi connectivity index (χ1) is 10.1. The van der Waals surface area contributed by atoms with Crippen molar-refractivity contribution in [2.75, 3.05) is 13.1 Å². The third kappa shape index (κ3) is 6.04. The Labute approximate surface area is 154 Å². The molecule has 1 aromatic rings. The third-order valence-corrected chi connectivity index (χ3v) is 5.14. The first-order valence-electron chi connectivity index (χ1n) is 7.97. The Morgan fingerprint density at radius 3 is 2.50 bits per heavy atom. The summed E-state index contributed by atoms with van der Waals surface area (Å²) in [6, 6.07) is 4.33. The molecular weight excluding hydrogens is 409 g/mol. The molecule has 0 atom stereocenters. The van der Waals surface area contributed by atoms with Crippen LogP contribution in [0, 0.1) is 0 Å². The molecule has 0 saturated heterocycles. The number of hydrogen-bond donors (Lipinski definition) is 3. The summed E-state index contributed by atoms with van der Waals surface area (Å²) in [5, 5.41) is 16.9. The molecule has 2 rings (SSSR count). The molecule has 0 amide bonds. The fraction of sp³-hybridized carbons (Fsp3) is 0.688. The lowest BCUT2D eigenvalue weighted by atomic mass is 10.0. The summed E-state index contributed by atoms with van der Waals surface area (Å²) in [5.41, 5.74) is -0.547. The van der Waals surface area contributed by atoms with E-state index in [0.29, 0.717) is 13.1 Å². The topological polar surface area (TPSA) is 56.7 Å². The van der Waals surface area contributed by atoms with Gasteiger partial charge in [0.15, 0.2) is 5.96 Å². The second-order valence-corrected chi connectivity index (χ2v) is 6.95. The Bertz CT molecular complexity index is 470. The van der Waals surface area contributed by atoms with Crippen molar-refractivity contribution in [3.05, 3.63) is 21.9 Å². The molecule has 22 heavy (non-hydrogen) atoms. The van der Waals surface area contributed by atoms with Crippen LogP contribution in [-0.2, 0) is 13.0 Å². The number of nitrogens with one attached hydrogen (secondary N) is 2. The van der Waals surface area contributed by atoms with Crippen LogP contribution >= 0.6 is 35.3 Å². The standard InChI is InChI=1S/C16H27N3OS.HI/c1-3-13-7-8-14(21-13)11-18-15(17-4-2)19-12-16(20)9-5-6-10-16;/h7-8,20H,3-6,9-12H2,1-2H3,(H2,17,18,19);1H. The Morgan fingerprint density at radius 1 is 1.23 bits per heavy atom. The van der Waals surface area contributed by atoms with E-state index in [0.717, 1.165) is 44.6 Å². The van der Waals surface area contributed by atoms with Gasteiger partial charge in [-0.1, -0.05) is 19.8 Å². The van der Waals surface area contributed by atoms with Crippen molar-refractivity contribution in [2.45, 2.75) is 58.1 Å². The van der Waals surface area contributed by atoms with Crippen molar-refractivity contribution in [2.24, 2.45) is 4.99 Å². The summed E-state index contributed by atoms with van der Waals surface area (Å²) in [5.74, 6) is 0.796. The lowest BCUT2D eigenvalue weighted by molar-refractivity contribution is 0.0522. The molecule has 0 aromatic carbocycles. The van der Waals surface area contributed by atoms with E-state index in [1.165, 1.54) is 9.75 Å². The number of rotatable bonds is 6. The number of thiophene rings is 1. The zero-order valence-corrected chi connectivity index (χ0v) is 16.7. The lowest BCUT2D eigenvalue weighted by Gasteiger charge is -2.23. The van der Waals surface area contributed by atoms with Crippen LogP contribution in [0.4, 0.5) is 0 Å². The van der Waals surface area contributed by atoms with E-state index in [2.05, 4.69) is 41.6 Å². The predicted molar refractivity (Wildman–Crippen MR) is 105 cm³/mol. The van der Waals surface area contributed by atoms with Crippen LogP contribution in [0.15, 0.2) is 17.1 Å². The van der Waals surface area contributed by atoms with Gasteiger partial charge in [0.25, 0.3) is 0 Å². The van der Waals surface area contributed by atoms with E-state index in [4.69, 9.17) is 0 Å². The molecule has 0 bridgehead atoms. The molecular formula is C16H28IN3OS. The van der Waals surface area contributed by atoms with Crippen LogP contribution in [0.3, 0.4) is 0 Å². The van der Waals surface area contributed by atoms with Crippen molar-refractivity contribution >= 4 is 41.3 Å². The van der Waals surface area contributed by atoms with Crippen molar-refractivity contribution in [1.82, 2.24) is 10.6 Å². The molecule has 4 nitrogen and oxygen atoms in total. The monoisotopic (exact) mass is 437 g/mol. The van der Waals surface area contributed by atoms with Gasteiger partial charge in [-0.3, -0.25) is 0 Å². The zero-order valence-electron chi connectivity index (χ0n) is 13.5. The smallest absolute Gasteiger partial charge is 0.191 e. The Kier molecular flexibility index (Phi) is 8.71. The zero-order chi connectivity index (χ0) is 15.1. The quantitative estimate of drug-likeness (QED) is 0.364. The minimum absolute atomic E-state index is 0. The fourth-order valence-corrected chi connectivity index (χ4v) is 3.54. The van der Waals surface area contributed by atoms with Gasteiger partial charge in [-0.05, 0) is 38.3 Å². The summed E-state index contributed by atoms with van der Waals surface area (Å²) in [6.45, 7) is 6.34. The van der Waals surface area contributed by atoms with Crippen molar-refractivity contribution in [3.63, 3.8) is 0 Å². The van der Waals surface area contributed by atoms with E-state index in [9.17, 15) is 5.11 Å². The molecule has 0 aliphatic heterocycles. The summed E-state index contributed by atoms with van der Waals surface area (Å²) in [7, 11) is 0. The highest BCUT2D eigenvalue weighted by Gasteiger charge is 2.30. The highest BCUT2D eigenvalue weighted by Crippen LogP contribution is 2.28. The average molecular weight is 437 g/mol. The van der Waals surface area contributed by atoms with E-state index in [1.807, 2.05) is 11.3 Å². The van der Waals surface area contributed by atoms with E-state index < -0.39 is 5.60 Å². The summed E-state index contributed by atoms with van der Waals surface area (Å²) in [6.07, 6.45) is 5.12. The summed E-state index contributed by atoms with van der Waals surface area (Å²) < 4.78 is 0. The third-order valence-electron chi connectivity index (χ3n) is 3.92. The molecule has 1 saturated carbocycles. The Hall–Kier alpha value is -0.340. The maximum Gasteiger partial charge on any atom is 0.191 e. The lowest BCUT2D eigenvalue weighted by Crippen LogP contribution is -2.45. The van der Waals surface area contributed by atoms with E-state index in [-0.39, 0.29) is 24.0 Å². The number of guanidine groups is 1. The van der Waals surface area contributed by atoms with Crippen molar-refractivity contribution < 1.29 is 5.11 Å². The molecule has 0 unspecified atom stereocenters. The van der Waals surface area contributed by atoms with Crippen LogP contribution < -0.4 is 10.6 Å². The SMILES string of the molecule is CCNC(=NCc1ccc(CC)s1)NCC1(O)CCCC1.I. The predicted octanol–water partition coefficient (Wildman–Crippen LogP) is 3.29. The van der Waals surface area contributed by atoms with Crippen LogP contribution in [0.5, 0.6) is 0 Å². The number of aliphatic hydroxyl groups is 1. The van der Waals surface area contributed by atoms with Gasteiger partial charge in [0.1, 0.15) is 0 Å². The minimum atomic E-state index is -0.547. The molecule has 1 aromatic heterocycles. The second-order valence-electron chi connectivity index (χ2n) is 5.70. The maximum atomic E-state index is 10.4. The van der Waals surface area contributed by atoms with Crippen molar-refractivity contribution in [1.29, 1.82) is 0 Å². The van der Waals surface area contributed by atoms with Crippen LogP contribution in [0.25, 0.3) is 0 Å². The first kappa shape index (κ1) is 19.7. The van der Waals surface area contributed by atoms with E-state index in [1.54, 1.807) is 0 Å². The second kappa shape index (κ2) is 9.72. The number of halogens is 1. The summed E-state index contributed by atoms with van der Waals surface area (Å²) in [4.78, 5) is 7.30. The molecule has 126 valence electrons. The van der Waals surface area contributed by atoms with Crippen LogP contribution in [-0.4, -0.2) is 29.8 Å². The fourth-order valence-electron chi connectivity index (χ4n) is 2.65. The Balaban J connectivity index is 0.00000242. The molecule has 0 radical (unpaired) electrons. The first-order valence-corrected chi connectivity index (χ1v) is 8.79. The molecule has 1 fully saturated rings. The maximum absolute atomic E-state index is 10.4. The highest BCUT2D eigenvalue weighted by atomic mass is 127. The highest BCUT2D eigenvalue weighted by molar-refractivity contribution is 14.0. The molecule has 6 heteroatoms. The number of aliphatic imine (C=N–C) groups is 1. The molecule has 3 N–H and O–H groups in total. The number of aryl methyl sites for hydroxylation is 1. The molecule has 1 aliphatic rings. The minimum Gasteiger partial charge on any atom is -0.388 e. The molecule has 1 heterocycles. The van der Waals surface area contributed by atoms with Crippen LogP contribution in [0.1, 0.15) is 49.3 Å². The average Bonchev–Trinajstić information content (AvgIpc) is 3.11. The van der Waals surface area contributed by atoms with Gasteiger partial charge in [0, 0.05) is 22.8 Å². The van der Waals surface area contributed by atoms with Gasteiger partial charge in [-0.25, -0.2) is 4.99 Å². The van der Waals surface area contributed by atoms with Crippen LogP contribution in [0.2, 0.25) is 0 Å². The normalized spacial score (nSPS) is 17.1. The van der Waals surface area contributed by atoms with Gasteiger partial charge in [0.2, 0.25) is 0 Å². The van der Waals surface area contributed by atoms with Gasteiger partial charge >= 0.3 is 0 Å². The molecule has 1 aliphatic carbocycles. The number of hydrogen-bond acceptors (Lipinski definition) is 3. The summed E-state index contributed by atoms with van der Waals surface area (Å²) >= 11 is 1.82. The molecule has 0 spiro atoms. The van der Waals surface area contributed by atoms with Gasteiger partial charge in [0.05, 0.1) is 12.1 Å². The van der Waals surface area contributed by atoms with E-state index >= 15 is 0 Å². The largest absolute Gasteiger partial charge is 0.388 e. The van der Waals surface area contributed by atoms with Gasteiger partial charge in [-0.2, -0.15) is 0 Å². The van der Waals surface area contributed by atoms with Gasteiger partial charge in [-0.15, -0.1) is 35.3 Å². The van der Waals surface area contributed by atoms with Gasteiger partial charge < -0.3 is 15.7 Å². The number of nitrogens with zero attached hydrogens (tertiary/aromatic N) is 1. The Morgan fingerprint density at radius 2 is 1.91 bits per heavy atom. The van der Waals surface area contributed by atoms with Crippen molar-refractivity contribution in [3.8, 4) is 0 Å².